The zero-order valence-corrected chi connectivity index (χ0v) is 18.1. The lowest BCUT2D eigenvalue weighted by molar-refractivity contribution is -0.183. The summed E-state index contributed by atoms with van der Waals surface area (Å²) in [7, 11) is 0. The number of nitrogens with two attached hydrogens (primary N) is 1. The van der Waals surface area contributed by atoms with Gasteiger partial charge in [0.1, 0.15) is 11.6 Å². The average Bonchev–Trinajstić information content (AvgIpc) is 3.30. The molecular formula is C25H25F2N3O3. The van der Waals surface area contributed by atoms with Gasteiger partial charge in [0.2, 0.25) is 5.91 Å². The van der Waals surface area contributed by atoms with E-state index in [1.54, 1.807) is 12.1 Å². The Bertz CT molecular complexity index is 1110. The molecule has 2 aliphatic rings. The second-order valence-corrected chi connectivity index (χ2v) is 8.79. The minimum Gasteiger partial charge on any atom is -0.366 e. The summed E-state index contributed by atoms with van der Waals surface area (Å²) in [6, 6.07) is 10.1. The van der Waals surface area contributed by atoms with Gasteiger partial charge in [0.25, 0.3) is 5.91 Å². The van der Waals surface area contributed by atoms with Crippen LogP contribution in [0.15, 0.2) is 36.4 Å². The number of benzene rings is 2. The number of nitriles is 1. The van der Waals surface area contributed by atoms with E-state index in [9.17, 15) is 18.4 Å². The van der Waals surface area contributed by atoms with Gasteiger partial charge in [-0.05, 0) is 79.5 Å². The molecule has 8 heteroatoms. The van der Waals surface area contributed by atoms with Crippen LogP contribution in [0, 0.1) is 34.8 Å². The monoisotopic (exact) mass is 453 g/mol. The highest BCUT2D eigenvalue weighted by atomic mass is 19.1. The molecule has 172 valence electrons. The lowest BCUT2D eigenvalue weighted by Gasteiger charge is -2.32. The van der Waals surface area contributed by atoms with Gasteiger partial charge in [0.05, 0.1) is 29.8 Å². The molecule has 0 unspecified atom stereocenters. The molecule has 1 aliphatic heterocycles. The summed E-state index contributed by atoms with van der Waals surface area (Å²) in [6.07, 6.45) is 4.24. The number of hydrogen-bond acceptors (Lipinski definition) is 4. The van der Waals surface area contributed by atoms with Gasteiger partial charge in [-0.15, -0.1) is 0 Å². The van der Waals surface area contributed by atoms with Crippen LogP contribution in [-0.4, -0.2) is 23.5 Å². The summed E-state index contributed by atoms with van der Waals surface area (Å²) in [6.45, 7) is 0.358. The second-order valence-electron chi connectivity index (χ2n) is 8.79. The molecule has 1 aliphatic carbocycles. The fraction of sp³-hybridized carbons (Fsp3) is 0.400. The largest absolute Gasteiger partial charge is 0.366 e. The highest BCUT2D eigenvalue weighted by Crippen LogP contribution is 2.37. The number of nitrogens with zero attached hydrogens (tertiary/aromatic N) is 2. The molecule has 1 saturated heterocycles. The maximum Gasteiger partial charge on any atom is 0.251 e. The van der Waals surface area contributed by atoms with Crippen LogP contribution in [0.2, 0.25) is 0 Å². The van der Waals surface area contributed by atoms with E-state index in [-0.39, 0.29) is 23.0 Å². The van der Waals surface area contributed by atoms with E-state index in [1.165, 1.54) is 29.3 Å². The third-order valence-corrected chi connectivity index (χ3v) is 6.57. The van der Waals surface area contributed by atoms with E-state index in [2.05, 4.69) is 0 Å². The van der Waals surface area contributed by atoms with Gasteiger partial charge in [0.15, 0.2) is 0 Å². The Labute approximate surface area is 190 Å². The van der Waals surface area contributed by atoms with Crippen LogP contribution in [0.4, 0.5) is 8.78 Å². The van der Waals surface area contributed by atoms with Gasteiger partial charge in [0, 0.05) is 12.3 Å². The van der Waals surface area contributed by atoms with Crippen LogP contribution >= 0.6 is 0 Å². The predicted octanol–water partition coefficient (Wildman–Crippen LogP) is 4.19. The van der Waals surface area contributed by atoms with Crippen LogP contribution in [0.25, 0.3) is 0 Å². The molecule has 2 amide bonds. The number of hydrogen-bond donors (Lipinski definition) is 1. The summed E-state index contributed by atoms with van der Waals surface area (Å²) in [5.74, 6) is -1.91. The van der Waals surface area contributed by atoms with Crippen molar-refractivity contribution in [2.45, 2.75) is 44.6 Å². The van der Waals surface area contributed by atoms with Crippen LogP contribution in [0.3, 0.4) is 0 Å². The first-order valence-corrected chi connectivity index (χ1v) is 11.1. The molecule has 2 aromatic carbocycles. The molecule has 0 aromatic heterocycles. The van der Waals surface area contributed by atoms with Crippen LogP contribution < -0.4 is 5.73 Å². The van der Waals surface area contributed by atoms with Gasteiger partial charge in [-0.1, -0.05) is 6.07 Å². The number of carbonyl (C=O) groups excluding carboxylic acids is 2. The number of primary amides is 1. The molecule has 2 N–H and O–H groups in total. The zero-order chi connectivity index (χ0) is 23.5. The molecule has 0 spiro atoms. The minimum atomic E-state index is -0.788. The molecule has 2 aromatic rings. The molecule has 2 fully saturated rings. The van der Waals surface area contributed by atoms with E-state index in [4.69, 9.17) is 15.8 Å². The first kappa shape index (κ1) is 22.9. The molecule has 1 heterocycles. The third kappa shape index (κ3) is 5.04. The van der Waals surface area contributed by atoms with Crippen molar-refractivity contribution in [2.75, 3.05) is 6.61 Å². The first-order valence-electron chi connectivity index (χ1n) is 11.1. The fourth-order valence-corrected chi connectivity index (χ4v) is 4.87. The van der Waals surface area contributed by atoms with Gasteiger partial charge in [-0.2, -0.15) is 5.26 Å². The lowest BCUT2D eigenvalue weighted by atomic mass is 9.78. The summed E-state index contributed by atoms with van der Waals surface area (Å²) < 4.78 is 27.6. The van der Waals surface area contributed by atoms with Crippen molar-refractivity contribution >= 4 is 11.8 Å². The highest BCUT2D eigenvalue weighted by molar-refractivity contribution is 5.93. The normalized spacial score (nSPS) is 22.7. The van der Waals surface area contributed by atoms with Crippen LogP contribution in [-0.2, 0) is 16.1 Å². The van der Waals surface area contributed by atoms with Crippen molar-refractivity contribution in [3.8, 4) is 6.07 Å². The SMILES string of the molecule is N#Cc1cc(F)cc([C@@H]2CCON2C(=O)C2CCC(Cc3ccc(F)c(C(N)=O)c3)CC2)c1. The smallest absolute Gasteiger partial charge is 0.251 e. The topological polar surface area (TPSA) is 96.4 Å². The van der Waals surface area contributed by atoms with E-state index in [0.717, 1.165) is 18.4 Å². The third-order valence-electron chi connectivity index (χ3n) is 6.57. The quantitative estimate of drug-likeness (QED) is 0.734. The van der Waals surface area contributed by atoms with Crippen molar-refractivity contribution < 1.29 is 23.2 Å². The number of halogens is 2. The molecule has 0 radical (unpaired) electrons. The summed E-state index contributed by atoms with van der Waals surface area (Å²) >= 11 is 0. The van der Waals surface area contributed by atoms with Gasteiger partial charge in [-0.25, -0.2) is 13.8 Å². The van der Waals surface area contributed by atoms with Crippen LogP contribution in [0.5, 0.6) is 0 Å². The van der Waals surface area contributed by atoms with E-state index < -0.39 is 23.6 Å². The van der Waals surface area contributed by atoms with Crippen molar-refractivity contribution in [2.24, 2.45) is 17.6 Å². The Morgan fingerprint density at radius 3 is 2.55 bits per heavy atom. The molecule has 33 heavy (non-hydrogen) atoms. The van der Waals surface area contributed by atoms with Gasteiger partial charge >= 0.3 is 0 Å². The number of carbonyl (C=O) groups is 2. The standard InChI is InChI=1S/C25H25F2N3O3/c26-20-11-17(14-28)10-19(13-20)23-7-8-33-30(23)25(32)18-4-1-15(2-5-18)9-16-3-6-22(27)21(12-16)24(29)31/h3,6,10-13,15,18,23H,1-2,4-5,7-9H2,(H2,29,31)/t15?,18?,23-/m0/s1. The van der Waals surface area contributed by atoms with Gasteiger partial charge in [-0.3, -0.25) is 14.4 Å². The number of amides is 2. The minimum absolute atomic E-state index is 0.106. The first-order chi connectivity index (χ1) is 15.9. The van der Waals surface area contributed by atoms with E-state index in [1.807, 2.05) is 6.07 Å². The Morgan fingerprint density at radius 2 is 1.85 bits per heavy atom. The van der Waals surface area contributed by atoms with E-state index >= 15 is 0 Å². The summed E-state index contributed by atoms with van der Waals surface area (Å²) in [4.78, 5) is 30.2. The Morgan fingerprint density at radius 1 is 1.09 bits per heavy atom. The molecule has 4 rings (SSSR count). The van der Waals surface area contributed by atoms with Crippen molar-refractivity contribution in [3.05, 3.63) is 70.3 Å². The second kappa shape index (κ2) is 9.67. The molecule has 6 nitrogen and oxygen atoms in total. The molecular weight excluding hydrogens is 428 g/mol. The molecule has 1 atom stereocenters. The van der Waals surface area contributed by atoms with Crippen LogP contribution in [0.1, 0.15) is 65.2 Å². The lowest BCUT2D eigenvalue weighted by Crippen LogP contribution is -2.36. The van der Waals surface area contributed by atoms with Crippen molar-refractivity contribution in [1.82, 2.24) is 5.06 Å². The molecule has 0 bridgehead atoms. The van der Waals surface area contributed by atoms with Crippen molar-refractivity contribution in [3.63, 3.8) is 0 Å². The summed E-state index contributed by atoms with van der Waals surface area (Å²) in [5.41, 5.74) is 6.75. The van der Waals surface area contributed by atoms with E-state index in [0.29, 0.717) is 43.8 Å². The number of rotatable bonds is 5. The van der Waals surface area contributed by atoms with Crippen molar-refractivity contribution in [1.29, 1.82) is 5.26 Å². The van der Waals surface area contributed by atoms with Gasteiger partial charge < -0.3 is 5.73 Å². The Kier molecular flexibility index (Phi) is 6.70. The molecule has 1 saturated carbocycles. The fourth-order valence-electron chi connectivity index (χ4n) is 4.87. The zero-order valence-electron chi connectivity index (χ0n) is 18.1. The average molecular weight is 453 g/mol. The number of hydroxylamine groups is 2. The summed E-state index contributed by atoms with van der Waals surface area (Å²) in [5, 5.41) is 10.5. The predicted molar refractivity (Wildman–Crippen MR) is 115 cm³/mol. The Balaban J connectivity index is 1.38. The highest BCUT2D eigenvalue weighted by Gasteiger charge is 2.37. The maximum atomic E-state index is 13.9. The maximum absolute atomic E-state index is 13.9. The Hall–Kier alpha value is -3.31.